The molecule has 0 aliphatic carbocycles. The fourth-order valence-electron chi connectivity index (χ4n) is 1.07. The normalized spacial score (nSPS) is 12.2. The summed E-state index contributed by atoms with van der Waals surface area (Å²) in [6.45, 7) is 1.49. The molecule has 0 aromatic heterocycles. The zero-order valence-electron chi connectivity index (χ0n) is 7.90. The molecule has 1 atom stereocenters. The van der Waals surface area contributed by atoms with E-state index in [9.17, 15) is 10.1 Å². The average molecular weight is 232 g/mol. The third-order valence-corrected chi connectivity index (χ3v) is 1.99. The molecule has 0 amide bonds. The lowest BCUT2D eigenvalue weighted by atomic mass is 10.2. The van der Waals surface area contributed by atoms with Crippen LogP contribution >= 0.6 is 11.6 Å². The van der Waals surface area contributed by atoms with Crippen molar-refractivity contribution >= 4 is 28.7 Å². The maximum Gasteiger partial charge on any atom is 0.293 e. The van der Waals surface area contributed by atoms with Gasteiger partial charge in [-0.05, 0) is 13.0 Å². The van der Waals surface area contributed by atoms with Gasteiger partial charge in [-0.2, -0.15) is 0 Å². The van der Waals surface area contributed by atoms with E-state index < -0.39 is 11.2 Å². The Balaban J connectivity index is 3.13. The van der Waals surface area contributed by atoms with Gasteiger partial charge >= 0.3 is 0 Å². The number of hydrogen-bond donors (Lipinski definition) is 3. The molecule has 82 valence electrons. The zero-order valence-corrected chi connectivity index (χ0v) is 8.65. The number of aliphatic hydroxyl groups is 1. The number of nitrogen functional groups attached to an aromatic ring is 1. The monoisotopic (exact) mass is 231 g/mol. The van der Waals surface area contributed by atoms with Crippen LogP contribution in [-0.2, 0) is 0 Å². The summed E-state index contributed by atoms with van der Waals surface area (Å²) in [5, 5.41) is 22.3. The summed E-state index contributed by atoms with van der Waals surface area (Å²) in [7, 11) is 0. The van der Waals surface area contributed by atoms with E-state index in [2.05, 4.69) is 5.32 Å². The van der Waals surface area contributed by atoms with Crippen molar-refractivity contribution in [1.82, 2.24) is 0 Å². The van der Waals surface area contributed by atoms with E-state index in [0.717, 1.165) is 6.07 Å². The first-order chi connectivity index (χ1) is 6.91. The average Bonchev–Trinajstić information content (AvgIpc) is 2.09. The molecule has 6 nitrogen and oxygen atoms in total. The second-order valence-electron chi connectivity index (χ2n) is 2.97. The topological polar surface area (TPSA) is 101 Å². The van der Waals surface area contributed by atoms with Crippen LogP contribution in [0.3, 0.4) is 0 Å². The lowest BCUT2D eigenvalue weighted by Crippen LogP contribution is -2.14. The summed E-state index contributed by atoms with van der Waals surface area (Å²) < 4.78 is 0. The first-order valence-electron chi connectivity index (χ1n) is 4.10. The van der Waals surface area contributed by atoms with E-state index in [4.69, 9.17) is 22.4 Å². The zero-order chi connectivity index (χ0) is 11.6. The molecule has 0 aliphatic heterocycles. The van der Waals surface area contributed by atoms with Crippen LogP contribution in [0, 0.1) is 10.1 Å². The standard InChI is InChI=1S/C8H10ClN3O3/c1-4(13)11-7-3-6(10)8(12(14)15)2-5(7)9/h2-4,11,13H,10H2,1H3. The third kappa shape index (κ3) is 2.71. The van der Waals surface area contributed by atoms with Gasteiger partial charge in [-0.15, -0.1) is 0 Å². The van der Waals surface area contributed by atoms with Crippen LogP contribution in [-0.4, -0.2) is 16.3 Å². The van der Waals surface area contributed by atoms with Crippen molar-refractivity contribution in [1.29, 1.82) is 0 Å². The number of nitro benzene ring substituents is 1. The van der Waals surface area contributed by atoms with Crippen molar-refractivity contribution in [2.75, 3.05) is 11.1 Å². The lowest BCUT2D eigenvalue weighted by Gasteiger charge is -2.11. The van der Waals surface area contributed by atoms with Crippen LogP contribution in [0.1, 0.15) is 6.92 Å². The SMILES string of the molecule is CC(O)Nc1cc(N)c([N+](=O)[O-])cc1Cl. The molecule has 1 aromatic carbocycles. The Morgan fingerprint density at radius 2 is 2.27 bits per heavy atom. The number of halogens is 1. The van der Waals surface area contributed by atoms with E-state index >= 15 is 0 Å². The summed E-state index contributed by atoms with van der Waals surface area (Å²) in [6, 6.07) is 2.45. The van der Waals surface area contributed by atoms with Crippen molar-refractivity contribution < 1.29 is 10.0 Å². The minimum absolute atomic E-state index is 0.00690. The van der Waals surface area contributed by atoms with Crippen LogP contribution in [0.2, 0.25) is 5.02 Å². The van der Waals surface area contributed by atoms with Gasteiger partial charge in [-0.3, -0.25) is 10.1 Å². The predicted molar refractivity (Wildman–Crippen MR) is 57.8 cm³/mol. The molecule has 0 saturated heterocycles. The van der Waals surface area contributed by atoms with Crippen molar-refractivity contribution in [3.8, 4) is 0 Å². The number of hydrogen-bond acceptors (Lipinski definition) is 5. The summed E-state index contributed by atoms with van der Waals surface area (Å²) >= 11 is 5.76. The summed E-state index contributed by atoms with van der Waals surface area (Å²) in [5.41, 5.74) is 5.54. The Labute approximate surface area is 90.8 Å². The molecule has 0 heterocycles. The van der Waals surface area contributed by atoms with Gasteiger partial charge in [0.05, 0.1) is 15.6 Å². The second-order valence-corrected chi connectivity index (χ2v) is 3.38. The van der Waals surface area contributed by atoms with Gasteiger partial charge in [-0.1, -0.05) is 11.6 Å². The summed E-state index contributed by atoms with van der Waals surface area (Å²) in [4.78, 5) is 9.89. The number of aliphatic hydroxyl groups excluding tert-OH is 1. The summed E-state index contributed by atoms with van der Waals surface area (Å²) in [5.74, 6) is 0. The third-order valence-electron chi connectivity index (χ3n) is 1.68. The predicted octanol–water partition coefficient (Wildman–Crippen LogP) is 1.58. The maximum atomic E-state index is 10.5. The molecule has 0 bridgehead atoms. The Morgan fingerprint density at radius 1 is 1.67 bits per heavy atom. The van der Waals surface area contributed by atoms with Gasteiger partial charge in [0.2, 0.25) is 0 Å². The van der Waals surface area contributed by atoms with Crippen LogP contribution in [0.5, 0.6) is 0 Å². The van der Waals surface area contributed by atoms with Gasteiger partial charge in [0.1, 0.15) is 11.9 Å². The second kappa shape index (κ2) is 4.33. The van der Waals surface area contributed by atoms with Crippen molar-refractivity contribution in [3.63, 3.8) is 0 Å². The fraction of sp³-hybridized carbons (Fsp3) is 0.250. The molecular weight excluding hydrogens is 222 g/mol. The number of nitrogens with two attached hydrogens (primary N) is 1. The van der Waals surface area contributed by atoms with E-state index in [0.29, 0.717) is 5.69 Å². The molecule has 1 aromatic rings. The maximum absolute atomic E-state index is 10.5. The Morgan fingerprint density at radius 3 is 2.73 bits per heavy atom. The van der Waals surface area contributed by atoms with Gasteiger partial charge in [-0.25, -0.2) is 0 Å². The van der Waals surface area contributed by atoms with Crippen LogP contribution in [0.4, 0.5) is 17.1 Å². The molecular formula is C8H10ClN3O3. The number of nitro groups is 1. The van der Waals surface area contributed by atoms with Crippen LogP contribution < -0.4 is 11.1 Å². The first kappa shape index (κ1) is 11.5. The molecule has 15 heavy (non-hydrogen) atoms. The molecule has 0 spiro atoms. The smallest absolute Gasteiger partial charge is 0.293 e. The highest BCUT2D eigenvalue weighted by Crippen LogP contribution is 2.32. The quantitative estimate of drug-likeness (QED) is 0.317. The van der Waals surface area contributed by atoms with Crippen molar-refractivity contribution in [2.24, 2.45) is 0 Å². The van der Waals surface area contributed by atoms with Crippen LogP contribution in [0.25, 0.3) is 0 Å². The van der Waals surface area contributed by atoms with E-state index in [1.54, 1.807) is 0 Å². The Kier molecular flexibility index (Phi) is 3.33. The molecule has 0 aliphatic rings. The number of anilines is 2. The molecule has 0 radical (unpaired) electrons. The van der Waals surface area contributed by atoms with E-state index in [-0.39, 0.29) is 16.4 Å². The van der Waals surface area contributed by atoms with E-state index in [1.165, 1.54) is 13.0 Å². The minimum Gasteiger partial charge on any atom is -0.393 e. The van der Waals surface area contributed by atoms with E-state index in [1.807, 2.05) is 0 Å². The largest absolute Gasteiger partial charge is 0.393 e. The van der Waals surface area contributed by atoms with Gasteiger partial charge < -0.3 is 16.2 Å². The highest BCUT2D eigenvalue weighted by molar-refractivity contribution is 6.33. The number of nitrogens with zero attached hydrogens (tertiary/aromatic N) is 1. The van der Waals surface area contributed by atoms with Crippen molar-refractivity contribution in [3.05, 3.63) is 27.3 Å². The highest BCUT2D eigenvalue weighted by Gasteiger charge is 2.15. The lowest BCUT2D eigenvalue weighted by molar-refractivity contribution is -0.383. The Hall–Kier alpha value is -1.53. The molecule has 1 unspecified atom stereocenters. The fourth-order valence-corrected chi connectivity index (χ4v) is 1.29. The number of nitrogens with one attached hydrogen (secondary N) is 1. The molecule has 4 N–H and O–H groups in total. The van der Waals surface area contributed by atoms with Gasteiger partial charge in [0, 0.05) is 6.07 Å². The van der Waals surface area contributed by atoms with Gasteiger partial charge in [0.15, 0.2) is 0 Å². The summed E-state index contributed by atoms with van der Waals surface area (Å²) in [6.07, 6.45) is -0.816. The number of rotatable bonds is 3. The Bertz CT molecular complexity index is 395. The first-order valence-corrected chi connectivity index (χ1v) is 4.47. The highest BCUT2D eigenvalue weighted by atomic mass is 35.5. The molecule has 0 fully saturated rings. The minimum atomic E-state index is -0.816. The van der Waals surface area contributed by atoms with Gasteiger partial charge in [0.25, 0.3) is 5.69 Å². The van der Waals surface area contributed by atoms with Crippen LogP contribution in [0.15, 0.2) is 12.1 Å². The molecule has 7 heteroatoms. The number of benzene rings is 1. The van der Waals surface area contributed by atoms with Crippen molar-refractivity contribution in [2.45, 2.75) is 13.2 Å². The molecule has 0 saturated carbocycles. The molecule has 1 rings (SSSR count).